The Morgan fingerprint density at radius 2 is 1.82 bits per heavy atom. The Morgan fingerprint density at radius 3 is 2.45 bits per heavy atom. The molecule has 0 saturated heterocycles. The number of benzene rings is 2. The SMILES string of the molecule is CSc1ccc(/C=N/NC(=O)CNc2ccc(C)cc2)cc1. The Morgan fingerprint density at radius 1 is 1.14 bits per heavy atom. The second-order valence-corrected chi connectivity index (χ2v) is 5.67. The monoisotopic (exact) mass is 313 g/mol. The van der Waals surface area contributed by atoms with E-state index in [4.69, 9.17) is 0 Å². The number of carbonyl (C=O) groups excluding carboxylic acids is 1. The maximum atomic E-state index is 11.7. The summed E-state index contributed by atoms with van der Waals surface area (Å²) in [4.78, 5) is 12.9. The Balaban J connectivity index is 1.76. The van der Waals surface area contributed by atoms with E-state index in [1.807, 2.05) is 61.7 Å². The maximum absolute atomic E-state index is 11.7. The zero-order chi connectivity index (χ0) is 15.8. The van der Waals surface area contributed by atoms with Crippen molar-refractivity contribution in [3.63, 3.8) is 0 Å². The molecular formula is C17H19N3OS. The molecule has 0 aromatic heterocycles. The molecule has 0 aliphatic heterocycles. The standard InChI is InChI=1S/C17H19N3OS/c1-13-3-7-15(8-4-13)18-12-17(21)20-19-11-14-5-9-16(22-2)10-6-14/h3-11,18H,12H2,1-2H3,(H,20,21)/b19-11+. The van der Waals surface area contributed by atoms with Crippen molar-refractivity contribution in [2.45, 2.75) is 11.8 Å². The first-order chi connectivity index (χ1) is 10.7. The van der Waals surface area contributed by atoms with Gasteiger partial charge in [0, 0.05) is 10.6 Å². The van der Waals surface area contributed by atoms with Gasteiger partial charge >= 0.3 is 0 Å². The average molecular weight is 313 g/mol. The van der Waals surface area contributed by atoms with Gasteiger partial charge in [0.2, 0.25) is 0 Å². The first-order valence-electron chi connectivity index (χ1n) is 6.94. The lowest BCUT2D eigenvalue weighted by molar-refractivity contribution is -0.119. The highest BCUT2D eigenvalue weighted by Gasteiger charge is 1.99. The van der Waals surface area contributed by atoms with E-state index >= 15 is 0 Å². The molecule has 0 aliphatic carbocycles. The molecule has 0 unspecified atom stereocenters. The van der Waals surface area contributed by atoms with Crippen molar-refractivity contribution in [2.75, 3.05) is 18.1 Å². The quantitative estimate of drug-likeness (QED) is 0.489. The molecule has 0 aliphatic rings. The van der Waals surface area contributed by atoms with Crippen molar-refractivity contribution < 1.29 is 4.79 Å². The third-order valence-corrected chi connectivity index (χ3v) is 3.77. The fourth-order valence-electron chi connectivity index (χ4n) is 1.76. The minimum absolute atomic E-state index is 0.183. The number of rotatable bonds is 6. The molecule has 4 nitrogen and oxygen atoms in total. The van der Waals surface area contributed by atoms with Crippen LogP contribution in [0.3, 0.4) is 0 Å². The number of thioether (sulfide) groups is 1. The van der Waals surface area contributed by atoms with Crippen LogP contribution in [-0.4, -0.2) is 24.9 Å². The Bertz CT molecular complexity index is 636. The van der Waals surface area contributed by atoms with E-state index in [1.54, 1.807) is 18.0 Å². The van der Waals surface area contributed by atoms with Crippen molar-refractivity contribution in [3.05, 3.63) is 59.7 Å². The third kappa shape index (κ3) is 5.26. The van der Waals surface area contributed by atoms with Crippen LogP contribution >= 0.6 is 11.8 Å². The van der Waals surface area contributed by atoms with Gasteiger partial charge in [-0.25, -0.2) is 5.43 Å². The Labute approximate surface area is 135 Å². The average Bonchev–Trinajstić information content (AvgIpc) is 2.55. The van der Waals surface area contributed by atoms with Crippen LogP contribution in [0.4, 0.5) is 5.69 Å². The number of nitrogens with one attached hydrogen (secondary N) is 2. The normalized spacial score (nSPS) is 10.6. The summed E-state index contributed by atoms with van der Waals surface area (Å²) >= 11 is 1.69. The maximum Gasteiger partial charge on any atom is 0.259 e. The van der Waals surface area contributed by atoms with Crippen LogP contribution in [0.1, 0.15) is 11.1 Å². The summed E-state index contributed by atoms with van der Waals surface area (Å²) < 4.78 is 0. The zero-order valence-electron chi connectivity index (χ0n) is 12.7. The highest BCUT2D eigenvalue weighted by Crippen LogP contribution is 2.13. The number of amides is 1. The van der Waals surface area contributed by atoms with Crippen LogP contribution in [0.15, 0.2) is 58.5 Å². The highest BCUT2D eigenvalue weighted by atomic mass is 32.2. The molecule has 0 atom stereocenters. The summed E-state index contributed by atoms with van der Waals surface area (Å²) in [6.07, 6.45) is 3.66. The number of aryl methyl sites for hydroxylation is 1. The van der Waals surface area contributed by atoms with Crippen molar-refractivity contribution in [1.29, 1.82) is 0 Å². The topological polar surface area (TPSA) is 53.5 Å². The van der Waals surface area contributed by atoms with E-state index in [0.717, 1.165) is 11.3 Å². The van der Waals surface area contributed by atoms with Crippen LogP contribution in [0, 0.1) is 6.92 Å². The van der Waals surface area contributed by atoms with Crippen LogP contribution in [0.5, 0.6) is 0 Å². The van der Waals surface area contributed by atoms with Gasteiger partial charge in [-0.15, -0.1) is 11.8 Å². The summed E-state index contributed by atoms with van der Waals surface area (Å²) in [6.45, 7) is 2.21. The van der Waals surface area contributed by atoms with Gasteiger partial charge < -0.3 is 5.32 Å². The summed E-state index contributed by atoms with van der Waals surface area (Å²) in [5.41, 5.74) is 5.55. The fourth-order valence-corrected chi connectivity index (χ4v) is 2.17. The zero-order valence-corrected chi connectivity index (χ0v) is 13.5. The van der Waals surface area contributed by atoms with Crippen molar-refractivity contribution in [2.24, 2.45) is 5.10 Å². The van der Waals surface area contributed by atoms with Gasteiger partial charge in [0.05, 0.1) is 12.8 Å². The largest absolute Gasteiger partial charge is 0.376 e. The van der Waals surface area contributed by atoms with E-state index < -0.39 is 0 Å². The minimum Gasteiger partial charge on any atom is -0.376 e. The molecule has 0 bridgehead atoms. The number of hydrogen-bond acceptors (Lipinski definition) is 4. The van der Waals surface area contributed by atoms with Gasteiger partial charge in [-0.1, -0.05) is 29.8 Å². The Hall–Kier alpha value is -2.27. The molecule has 1 amide bonds. The molecule has 2 N–H and O–H groups in total. The molecule has 114 valence electrons. The molecule has 2 aromatic rings. The highest BCUT2D eigenvalue weighted by molar-refractivity contribution is 7.98. The molecule has 2 aromatic carbocycles. The number of hydrogen-bond donors (Lipinski definition) is 2. The van der Waals surface area contributed by atoms with Crippen molar-refractivity contribution >= 4 is 29.6 Å². The minimum atomic E-state index is -0.183. The fraction of sp³-hybridized carbons (Fsp3) is 0.176. The molecule has 22 heavy (non-hydrogen) atoms. The summed E-state index contributed by atoms with van der Waals surface area (Å²) in [5.74, 6) is -0.183. The van der Waals surface area contributed by atoms with Crippen LogP contribution < -0.4 is 10.7 Å². The molecule has 5 heteroatoms. The molecular weight excluding hydrogens is 294 g/mol. The van der Waals surface area contributed by atoms with E-state index in [0.29, 0.717) is 0 Å². The molecule has 0 saturated carbocycles. The molecule has 0 heterocycles. The van der Waals surface area contributed by atoms with E-state index in [1.165, 1.54) is 10.5 Å². The molecule has 0 spiro atoms. The van der Waals surface area contributed by atoms with Crippen LogP contribution in [0.2, 0.25) is 0 Å². The van der Waals surface area contributed by atoms with Gasteiger partial charge in [0.1, 0.15) is 0 Å². The third-order valence-electron chi connectivity index (χ3n) is 3.02. The number of anilines is 1. The summed E-state index contributed by atoms with van der Waals surface area (Å²) in [5, 5.41) is 7.00. The number of hydrazone groups is 1. The number of nitrogens with zero attached hydrogens (tertiary/aromatic N) is 1. The second kappa shape index (κ2) is 8.24. The van der Waals surface area contributed by atoms with E-state index in [9.17, 15) is 4.79 Å². The second-order valence-electron chi connectivity index (χ2n) is 4.79. The van der Waals surface area contributed by atoms with E-state index in [2.05, 4.69) is 15.8 Å². The Kier molecular flexibility index (Phi) is 6.03. The molecule has 0 radical (unpaired) electrons. The van der Waals surface area contributed by atoms with Crippen LogP contribution in [0.25, 0.3) is 0 Å². The predicted molar refractivity (Wildman–Crippen MR) is 93.6 cm³/mol. The smallest absolute Gasteiger partial charge is 0.259 e. The van der Waals surface area contributed by atoms with Gasteiger partial charge in [-0.3, -0.25) is 4.79 Å². The lowest BCUT2D eigenvalue weighted by atomic mass is 10.2. The first kappa shape index (κ1) is 16.1. The predicted octanol–water partition coefficient (Wildman–Crippen LogP) is 3.28. The summed E-state index contributed by atoms with van der Waals surface area (Å²) in [6, 6.07) is 15.9. The lowest BCUT2D eigenvalue weighted by Gasteiger charge is -2.05. The van der Waals surface area contributed by atoms with Crippen molar-refractivity contribution in [3.8, 4) is 0 Å². The number of carbonyl (C=O) groups is 1. The van der Waals surface area contributed by atoms with Gasteiger partial charge in [0.15, 0.2) is 0 Å². The molecule has 2 rings (SSSR count). The summed E-state index contributed by atoms with van der Waals surface area (Å²) in [7, 11) is 0. The van der Waals surface area contributed by atoms with Gasteiger partial charge in [-0.05, 0) is 43.0 Å². The lowest BCUT2D eigenvalue weighted by Crippen LogP contribution is -2.25. The molecule has 0 fully saturated rings. The van der Waals surface area contributed by atoms with E-state index in [-0.39, 0.29) is 12.5 Å². The first-order valence-corrected chi connectivity index (χ1v) is 8.16. The van der Waals surface area contributed by atoms with Gasteiger partial charge in [-0.2, -0.15) is 5.10 Å². The van der Waals surface area contributed by atoms with Crippen molar-refractivity contribution in [1.82, 2.24) is 5.43 Å². The van der Waals surface area contributed by atoms with Gasteiger partial charge in [0.25, 0.3) is 5.91 Å². The van der Waals surface area contributed by atoms with Crippen LogP contribution in [-0.2, 0) is 4.79 Å².